The fourth-order valence-corrected chi connectivity index (χ4v) is 3.55. The van der Waals surface area contributed by atoms with Gasteiger partial charge in [0, 0.05) is 18.0 Å². The minimum absolute atomic E-state index is 0.0129. The van der Waals surface area contributed by atoms with Gasteiger partial charge >= 0.3 is 12.2 Å². The van der Waals surface area contributed by atoms with E-state index in [-0.39, 0.29) is 35.7 Å². The molecule has 0 spiro atoms. The van der Waals surface area contributed by atoms with Crippen molar-refractivity contribution in [3.63, 3.8) is 0 Å². The zero-order valence-corrected chi connectivity index (χ0v) is 18.2. The second kappa shape index (κ2) is 8.65. The monoisotopic (exact) mass is 471 g/mol. The maximum Gasteiger partial charge on any atom is 0.416 e. The van der Waals surface area contributed by atoms with Crippen LogP contribution in [0.5, 0.6) is 11.6 Å². The van der Waals surface area contributed by atoms with Gasteiger partial charge in [-0.2, -0.15) is 18.2 Å². The first-order chi connectivity index (χ1) is 16.0. The maximum absolute atomic E-state index is 13.1. The van der Waals surface area contributed by atoms with Crippen LogP contribution in [-0.2, 0) is 11.0 Å². The van der Waals surface area contributed by atoms with Gasteiger partial charge < -0.3 is 10.5 Å². The first-order valence-electron chi connectivity index (χ1n) is 10.3. The summed E-state index contributed by atoms with van der Waals surface area (Å²) in [6.45, 7) is 3.43. The normalized spacial score (nSPS) is 14.3. The van der Waals surface area contributed by atoms with Gasteiger partial charge in [0.1, 0.15) is 12.3 Å². The summed E-state index contributed by atoms with van der Waals surface area (Å²) in [6.07, 6.45) is -3.12. The number of benzene rings is 2. The summed E-state index contributed by atoms with van der Waals surface area (Å²) < 4.78 is 45.1. The zero-order valence-electron chi connectivity index (χ0n) is 18.2. The molecular formula is C23H20F3N5O3. The highest BCUT2D eigenvalue weighted by atomic mass is 19.4. The van der Waals surface area contributed by atoms with Crippen LogP contribution in [0.15, 0.2) is 54.7 Å². The van der Waals surface area contributed by atoms with E-state index < -0.39 is 23.7 Å². The van der Waals surface area contributed by atoms with E-state index in [0.29, 0.717) is 11.3 Å². The van der Waals surface area contributed by atoms with Crippen LogP contribution in [0.2, 0.25) is 0 Å². The highest BCUT2D eigenvalue weighted by Crippen LogP contribution is 2.36. The smallest absolute Gasteiger partial charge is 0.416 e. The number of halogens is 3. The topological polar surface area (TPSA) is 102 Å². The van der Waals surface area contributed by atoms with Crippen LogP contribution in [0.3, 0.4) is 0 Å². The molecule has 0 aliphatic carbocycles. The van der Waals surface area contributed by atoms with Crippen LogP contribution in [-0.4, -0.2) is 28.5 Å². The Morgan fingerprint density at radius 2 is 1.82 bits per heavy atom. The van der Waals surface area contributed by atoms with E-state index in [2.05, 4.69) is 9.97 Å². The molecule has 11 heteroatoms. The van der Waals surface area contributed by atoms with Crippen molar-refractivity contribution in [1.82, 2.24) is 9.97 Å². The number of ether oxygens (including phenoxy) is 1. The van der Waals surface area contributed by atoms with Crippen molar-refractivity contribution < 1.29 is 27.5 Å². The van der Waals surface area contributed by atoms with E-state index in [0.717, 1.165) is 21.9 Å². The standard InChI is InChI=1S/C23H20F3N5O3/c1-13(2)17-11-16(6-7-18(17)34-19-8-9-28-21(27)29-19)31-20(32)12-30(22(31)33)15-5-3-4-14(10-15)23(24,25)26/h3-11,13H,12H2,1-2H3,(H2,27,28,29). The van der Waals surface area contributed by atoms with Gasteiger partial charge in [-0.05, 0) is 47.9 Å². The Morgan fingerprint density at radius 3 is 2.50 bits per heavy atom. The highest BCUT2D eigenvalue weighted by molar-refractivity contribution is 6.27. The summed E-state index contributed by atoms with van der Waals surface area (Å²) in [5.74, 6) is 0.107. The molecule has 1 aliphatic heterocycles. The largest absolute Gasteiger partial charge is 0.439 e. The van der Waals surface area contributed by atoms with Crippen molar-refractivity contribution in [2.24, 2.45) is 0 Å². The molecule has 2 heterocycles. The molecule has 1 fully saturated rings. The van der Waals surface area contributed by atoms with Gasteiger partial charge in [0.15, 0.2) is 0 Å². The molecule has 2 aromatic carbocycles. The number of hydrogen-bond acceptors (Lipinski definition) is 6. The molecule has 1 aromatic heterocycles. The SMILES string of the molecule is CC(C)c1cc(N2C(=O)CN(c3cccc(C(F)(F)F)c3)C2=O)ccc1Oc1ccnc(N)n1. The van der Waals surface area contributed by atoms with Crippen LogP contribution < -0.4 is 20.3 Å². The minimum Gasteiger partial charge on any atom is -0.439 e. The van der Waals surface area contributed by atoms with Crippen LogP contribution in [0, 0.1) is 0 Å². The summed E-state index contributed by atoms with van der Waals surface area (Å²) in [5, 5.41) is 0. The van der Waals surface area contributed by atoms with Crippen molar-refractivity contribution >= 4 is 29.3 Å². The highest BCUT2D eigenvalue weighted by Gasteiger charge is 2.39. The molecule has 0 saturated carbocycles. The van der Waals surface area contributed by atoms with E-state index in [1.807, 2.05) is 13.8 Å². The van der Waals surface area contributed by atoms with Gasteiger partial charge in [-0.3, -0.25) is 9.69 Å². The number of rotatable bonds is 5. The molecule has 8 nitrogen and oxygen atoms in total. The predicted molar refractivity (Wildman–Crippen MR) is 119 cm³/mol. The van der Waals surface area contributed by atoms with E-state index in [9.17, 15) is 22.8 Å². The Labute approximate surface area is 192 Å². The number of carbonyl (C=O) groups is 2. The summed E-state index contributed by atoms with van der Waals surface area (Å²) in [7, 11) is 0. The Balaban J connectivity index is 1.65. The van der Waals surface area contributed by atoms with Gasteiger partial charge in [-0.25, -0.2) is 14.7 Å². The Kier molecular flexibility index (Phi) is 5.86. The van der Waals surface area contributed by atoms with E-state index in [4.69, 9.17) is 10.5 Å². The van der Waals surface area contributed by atoms with Gasteiger partial charge in [0.25, 0.3) is 5.91 Å². The molecule has 176 valence electrons. The molecule has 1 aliphatic rings. The number of imide groups is 1. The molecule has 34 heavy (non-hydrogen) atoms. The summed E-state index contributed by atoms with van der Waals surface area (Å²) in [6, 6.07) is 9.85. The lowest BCUT2D eigenvalue weighted by Gasteiger charge is -2.20. The quantitative estimate of drug-likeness (QED) is 0.528. The first-order valence-corrected chi connectivity index (χ1v) is 10.3. The lowest BCUT2D eigenvalue weighted by Crippen LogP contribution is -2.33. The zero-order chi connectivity index (χ0) is 24.6. The predicted octanol–water partition coefficient (Wildman–Crippen LogP) is 4.97. The van der Waals surface area contributed by atoms with Gasteiger partial charge in [-0.15, -0.1) is 0 Å². The average molecular weight is 471 g/mol. The van der Waals surface area contributed by atoms with Gasteiger partial charge in [-0.1, -0.05) is 19.9 Å². The lowest BCUT2D eigenvalue weighted by atomic mass is 10.0. The maximum atomic E-state index is 13.1. The molecule has 1 saturated heterocycles. The number of nitrogen functional groups attached to an aromatic ring is 1. The number of carbonyl (C=O) groups excluding carboxylic acids is 2. The third-order valence-corrected chi connectivity index (χ3v) is 5.19. The molecule has 0 bridgehead atoms. The molecule has 4 rings (SSSR count). The first kappa shape index (κ1) is 23.0. The van der Waals surface area contributed by atoms with Crippen molar-refractivity contribution in [2.45, 2.75) is 25.9 Å². The van der Waals surface area contributed by atoms with E-state index >= 15 is 0 Å². The summed E-state index contributed by atoms with van der Waals surface area (Å²) in [5.41, 5.74) is 5.64. The average Bonchev–Trinajstić information content (AvgIpc) is 3.07. The second-order valence-electron chi connectivity index (χ2n) is 7.88. The lowest BCUT2D eigenvalue weighted by molar-refractivity contribution is -0.137. The van der Waals surface area contributed by atoms with Gasteiger partial charge in [0.2, 0.25) is 11.8 Å². The molecule has 0 unspecified atom stereocenters. The summed E-state index contributed by atoms with van der Waals surface area (Å²) in [4.78, 5) is 35.6. The van der Waals surface area contributed by atoms with Crippen LogP contribution >= 0.6 is 0 Å². The van der Waals surface area contributed by atoms with Crippen molar-refractivity contribution in [1.29, 1.82) is 0 Å². The molecule has 3 aromatic rings. The number of hydrogen-bond donors (Lipinski definition) is 1. The van der Waals surface area contributed by atoms with Gasteiger partial charge in [0.05, 0.1) is 11.3 Å². The number of nitrogens with zero attached hydrogens (tertiary/aromatic N) is 4. The number of urea groups is 1. The number of alkyl halides is 3. The Morgan fingerprint density at radius 1 is 1.06 bits per heavy atom. The molecule has 3 amide bonds. The van der Waals surface area contributed by atoms with E-state index in [1.54, 1.807) is 12.1 Å². The Hall–Kier alpha value is -4.15. The number of nitrogens with two attached hydrogens (primary N) is 1. The number of amides is 3. The van der Waals surface area contributed by atoms with Crippen LogP contribution in [0.4, 0.5) is 35.3 Å². The van der Waals surface area contributed by atoms with Crippen molar-refractivity contribution in [3.8, 4) is 11.6 Å². The fourth-order valence-electron chi connectivity index (χ4n) is 3.55. The third kappa shape index (κ3) is 4.49. The summed E-state index contributed by atoms with van der Waals surface area (Å²) >= 11 is 0. The molecular weight excluding hydrogens is 451 g/mol. The molecule has 0 atom stereocenters. The van der Waals surface area contributed by atoms with Crippen LogP contribution in [0.1, 0.15) is 30.9 Å². The number of anilines is 3. The molecule has 0 radical (unpaired) electrons. The molecule has 2 N–H and O–H groups in total. The van der Waals surface area contributed by atoms with Crippen LogP contribution in [0.25, 0.3) is 0 Å². The van der Waals surface area contributed by atoms with Crippen molar-refractivity contribution in [3.05, 3.63) is 65.9 Å². The second-order valence-corrected chi connectivity index (χ2v) is 7.88. The minimum atomic E-state index is -4.57. The Bertz CT molecular complexity index is 1260. The fraction of sp³-hybridized carbons (Fsp3) is 0.217. The number of aromatic nitrogens is 2. The van der Waals surface area contributed by atoms with E-state index in [1.165, 1.54) is 30.5 Å². The van der Waals surface area contributed by atoms with Crippen molar-refractivity contribution in [2.75, 3.05) is 22.1 Å². The third-order valence-electron chi connectivity index (χ3n) is 5.19.